The van der Waals surface area contributed by atoms with Gasteiger partial charge in [-0.05, 0) is 33.7 Å². The quantitative estimate of drug-likeness (QED) is 0.687. The van der Waals surface area contributed by atoms with Crippen LogP contribution in [-0.4, -0.2) is 56.5 Å². The summed E-state index contributed by atoms with van der Waals surface area (Å²) in [6.07, 6.45) is 2.36. The number of hydrogen-bond acceptors (Lipinski definition) is 4. The van der Waals surface area contributed by atoms with Crippen molar-refractivity contribution in [1.29, 1.82) is 0 Å². The molecule has 0 radical (unpaired) electrons. The molecule has 0 aromatic rings. The topological polar surface area (TPSA) is 47.7 Å². The average molecular weight is 230 g/mol. The molecule has 0 aliphatic carbocycles. The van der Waals surface area contributed by atoms with Gasteiger partial charge in [-0.2, -0.15) is 0 Å². The van der Waals surface area contributed by atoms with Crippen LogP contribution in [0.25, 0.3) is 0 Å². The second-order valence-electron chi connectivity index (χ2n) is 4.68. The van der Waals surface area contributed by atoms with E-state index in [-0.39, 0.29) is 5.54 Å². The molecule has 2 unspecified atom stereocenters. The molecule has 1 fully saturated rings. The van der Waals surface area contributed by atoms with Crippen LogP contribution in [0.1, 0.15) is 26.7 Å². The summed E-state index contributed by atoms with van der Waals surface area (Å²) in [7, 11) is 2.14. The molecule has 1 heterocycles. The Morgan fingerprint density at radius 2 is 2.31 bits per heavy atom. The number of nitrogens with zero attached hydrogens (tertiary/aromatic N) is 1. The highest BCUT2D eigenvalue weighted by molar-refractivity contribution is 4.94. The van der Waals surface area contributed by atoms with Gasteiger partial charge in [0.1, 0.15) is 0 Å². The van der Waals surface area contributed by atoms with E-state index in [0.717, 1.165) is 39.2 Å². The number of ether oxygens (including phenoxy) is 2. The second kappa shape index (κ2) is 6.55. The summed E-state index contributed by atoms with van der Waals surface area (Å²) in [4.78, 5) is 2.35. The van der Waals surface area contributed by atoms with Gasteiger partial charge in [0.25, 0.3) is 0 Å². The maximum atomic E-state index is 5.97. The van der Waals surface area contributed by atoms with Gasteiger partial charge >= 0.3 is 0 Å². The van der Waals surface area contributed by atoms with E-state index in [1.54, 1.807) is 0 Å². The zero-order valence-corrected chi connectivity index (χ0v) is 10.9. The molecule has 2 atom stereocenters. The molecule has 4 heteroatoms. The van der Waals surface area contributed by atoms with Crippen LogP contribution in [-0.2, 0) is 9.47 Å². The van der Waals surface area contributed by atoms with Gasteiger partial charge in [0, 0.05) is 31.8 Å². The van der Waals surface area contributed by atoms with Gasteiger partial charge in [0.2, 0.25) is 0 Å². The van der Waals surface area contributed by atoms with E-state index in [1.807, 2.05) is 6.92 Å². The summed E-state index contributed by atoms with van der Waals surface area (Å²) < 4.78 is 11.0. The van der Waals surface area contributed by atoms with Crippen molar-refractivity contribution in [2.24, 2.45) is 5.73 Å². The molecule has 1 aliphatic rings. The van der Waals surface area contributed by atoms with Gasteiger partial charge in [0.15, 0.2) is 0 Å². The maximum Gasteiger partial charge on any atom is 0.0593 e. The first kappa shape index (κ1) is 13.9. The molecule has 1 aliphatic heterocycles. The Labute approximate surface area is 99.1 Å². The smallest absolute Gasteiger partial charge is 0.0593 e. The Bertz CT molecular complexity index is 201. The molecule has 1 saturated heterocycles. The van der Waals surface area contributed by atoms with Crippen LogP contribution in [0.3, 0.4) is 0 Å². The largest absolute Gasteiger partial charge is 0.380 e. The number of hydrogen-bond donors (Lipinski definition) is 1. The van der Waals surface area contributed by atoms with Gasteiger partial charge in [0.05, 0.1) is 12.7 Å². The third kappa shape index (κ3) is 3.42. The Kier molecular flexibility index (Phi) is 5.69. The lowest BCUT2D eigenvalue weighted by Crippen LogP contribution is -2.57. The molecule has 0 spiro atoms. The number of likely N-dealkylation sites (N-methyl/N-ethyl adjacent to an activating group) is 1. The van der Waals surface area contributed by atoms with Crippen molar-refractivity contribution in [3.05, 3.63) is 0 Å². The van der Waals surface area contributed by atoms with E-state index in [2.05, 4.69) is 18.9 Å². The van der Waals surface area contributed by atoms with E-state index in [0.29, 0.717) is 12.6 Å². The van der Waals surface area contributed by atoms with Gasteiger partial charge in [-0.15, -0.1) is 0 Å². The lowest BCUT2D eigenvalue weighted by atomic mass is 9.85. The van der Waals surface area contributed by atoms with Gasteiger partial charge < -0.3 is 15.2 Å². The Morgan fingerprint density at radius 1 is 1.56 bits per heavy atom. The van der Waals surface area contributed by atoms with Gasteiger partial charge in [-0.3, -0.25) is 4.90 Å². The lowest BCUT2D eigenvalue weighted by molar-refractivity contribution is -0.0610. The maximum absolute atomic E-state index is 5.97. The Hall–Kier alpha value is -0.160. The highest BCUT2D eigenvalue weighted by atomic mass is 16.5. The van der Waals surface area contributed by atoms with E-state index in [1.165, 1.54) is 0 Å². The first-order chi connectivity index (χ1) is 7.64. The molecule has 0 amide bonds. The third-order valence-electron chi connectivity index (χ3n) is 3.60. The molecule has 0 saturated carbocycles. The van der Waals surface area contributed by atoms with Crippen LogP contribution >= 0.6 is 0 Å². The number of rotatable bonds is 6. The van der Waals surface area contributed by atoms with Crippen molar-refractivity contribution in [1.82, 2.24) is 4.90 Å². The average Bonchev–Trinajstić information content (AvgIpc) is 2.29. The van der Waals surface area contributed by atoms with Crippen LogP contribution in [0, 0.1) is 0 Å². The molecule has 4 nitrogen and oxygen atoms in total. The van der Waals surface area contributed by atoms with Crippen LogP contribution in [0.4, 0.5) is 0 Å². The third-order valence-corrected chi connectivity index (χ3v) is 3.60. The van der Waals surface area contributed by atoms with Crippen LogP contribution in [0.2, 0.25) is 0 Å². The SMILES string of the molecule is CCOCCN(C)C1(CN)CCOC(C)C1. The number of nitrogens with two attached hydrogens (primary N) is 1. The fourth-order valence-corrected chi connectivity index (χ4v) is 2.42. The van der Waals surface area contributed by atoms with E-state index in [4.69, 9.17) is 15.2 Å². The zero-order valence-electron chi connectivity index (χ0n) is 10.9. The summed E-state index contributed by atoms with van der Waals surface area (Å²) in [6.45, 7) is 8.17. The lowest BCUT2D eigenvalue weighted by Gasteiger charge is -2.45. The molecule has 0 aromatic heterocycles. The normalized spacial score (nSPS) is 30.9. The molecule has 16 heavy (non-hydrogen) atoms. The fraction of sp³-hybridized carbons (Fsp3) is 1.00. The molecule has 1 rings (SSSR count). The Balaban J connectivity index is 2.49. The molecule has 0 aromatic carbocycles. The van der Waals surface area contributed by atoms with E-state index in [9.17, 15) is 0 Å². The highest BCUT2D eigenvalue weighted by Gasteiger charge is 2.37. The first-order valence-corrected chi connectivity index (χ1v) is 6.25. The fourth-order valence-electron chi connectivity index (χ4n) is 2.42. The standard InChI is InChI=1S/C12H26N2O2/c1-4-15-8-6-14(3)12(10-13)5-7-16-11(2)9-12/h11H,4-10,13H2,1-3H3. The molecular formula is C12H26N2O2. The Morgan fingerprint density at radius 3 is 2.88 bits per heavy atom. The van der Waals surface area contributed by atoms with Crippen molar-refractivity contribution in [2.75, 3.05) is 40.0 Å². The predicted molar refractivity (Wildman–Crippen MR) is 65.6 cm³/mol. The first-order valence-electron chi connectivity index (χ1n) is 6.25. The van der Waals surface area contributed by atoms with Crippen molar-refractivity contribution in [3.8, 4) is 0 Å². The van der Waals surface area contributed by atoms with Gasteiger partial charge in [-0.25, -0.2) is 0 Å². The summed E-state index contributed by atoms with van der Waals surface area (Å²) in [5.74, 6) is 0. The highest BCUT2D eigenvalue weighted by Crippen LogP contribution is 2.28. The van der Waals surface area contributed by atoms with Crippen molar-refractivity contribution >= 4 is 0 Å². The monoisotopic (exact) mass is 230 g/mol. The molecule has 2 N–H and O–H groups in total. The van der Waals surface area contributed by atoms with Crippen molar-refractivity contribution in [3.63, 3.8) is 0 Å². The zero-order chi connectivity index (χ0) is 12.0. The minimum atomic E-state index is 0.106. The molecule has 0 bridgehead atoms. The van der Waals surface area contributed by atoms with E-state index >= 15 is 0 Å². The van der Waals surface area contributed by atoms with Crippen LogP contribution < -0.4 is 5.73 Å². The van der Waals surface area contributed by atoms with Crippen LogP contribution in [0.15, 0.2) is 0 Å². The summed E-state index contributed by atoms with van der Waals surface area (Å²) in [6, 6.07) is 0. The summed E-state index contributed by atoms with van der Waals surface area (Å²) in [5, 5.41) is 0. The summed E-state index contributed by atoms with van der Waals surface area (Å²) in [5.41, 5.74) is 6.07. The molecular weight excluding hydrogens is 204 g/mol. The predicted octanol–water partition coefficient (Wildman–Crippen LogP) is 0.851. The molecule has 96 valence electrons. The minimum absolute atomic E-state index is 0.106. The summed E-state index contributed by atoms with van der Waals surface area (Å²) >= 11 is 0. The van der Waals surface area contributed by atoms with Gasteiger partial charge in [-0.1, -0.05) is 0 Å². The van der Waals surface area contributed by atoms with Crippen molar-refractivity contribution in [2.45, 2.75) is 38.3 Å². The van der Waals surface area contributed by atoms with Crippen molar-refractivity contribution < 1.29 is 9.47 Å². The van der Waals surface area contributed by atoms with E-state index < -0.39 is 0 Å². The second-order valence-corrected chi connectivity index (χ2v) is 4.68. The van der Waals surface area contributed by atoms with Crippen LogP contribution in [0.5, 0.6) is 0 Å². The minimum Gasteiger partial charge on any atom is -0.380 e.